The number of thiazole rings is 1. The Morgan fingerprint density at radius 1 is 1.45 bits per heavy atom. The van der Waals surface area contributed by atoms with E-state index in [1.807, 2.05) is 12.3 Å². The molecule has 1 aromatic carbocycles. The van der Waals surface area contributed by atoms with Crippen molar-refractivity contribution in [3.05, 3.63) is 39.9 Å². The molecule has 0 bridgehead atoms. The van der Waals surface area contributed by atoms with Crippen LogP contribution in [0.2, 0.25) is 5.02 Å². The molecule has 1 aromatic heterocycles. The number of nitrogens with one attached hydrogen (secondary N) is 1. The van der Waals surface area contributed by atoms with Crippen LogP contribution in [0.1, 0.15) is 27.8 Å². The quantitative estimate of drug-likeness (QED) is 0.649. The van der Waals surface area contributed by atoms with Crippen LogP contribution >= 0.6 is 34.7 Å². The zero-order valence-electron chi connectivity index (χ0n) is 11.9. The highest BCUT2D eigenvalue weighted by atomic mass is 35.5. The molecule has 0 aliphatic carbocycles. The summed E-state index contributed by atoms with van der Waals surface area (Å²) in [4.78, 5) is 28.8. The number of amides is 1. The van der Waals surface area contributed by atoms with Gasteiger partial charge in [-0.25, -0.2) is 9.78 Å². The average molecular weight is 357 g/mol. The molecular weight excluding hydrogens is 344 g/mol. The standard InChI is InChI=1S/C14H13ClN2O3S2/c1-3-20-13(19)11-7-22-14(16-11)17-12(18)9-6-8(21-2)4-5-10(9)15/h4-7H,3H2,1-2H3,(H,16,17,18). The van der Waals surface area contributed by atoms with Crippen molar-refractivity contribution in [3.8, 4) is 0 Å². The molecule has 0 atom stereocenters. The number of hydrogen-bond donors (Lipinski definition) is 1. The van der Waals surface area contributed by atoms with Crippen LogP contribution in [0, 0.1) is 0 Å². The number of carbonyl (C=O) groups excluding carboxylic acids is 2. The molecule has 0 aliphatic rings. The maximum Gasteiger partial charge on any atom is 0.357 e. The molecular formula is C14H13ClN2O3S2. The Hall–Kier alpha value is -1.57. The lowest BCUT2D eigenvalue weighted by atomic mass is 10.2. The van der Waals surface area contributed by atoms with Crippen molar-refractivity contribution in [1.82, 2.24) is 4.98 Å². The molecule has 0 unspecified atom stereocenters. The first-order chi connectivity index (χ1) is 10.5. The highest BCUT2D eigenvalue weighted by Crippen LogP contribution is 2.24. The first-order valence-electron chi connectivity index (χ1n) is 6.32. The number of aromatic nitrogens is 1. The number of benzene rings is 1. The van der Waals surface area contributed by atoms with Crippen LogP contribution in [0.5, 0.6) is 0 Å². The fraction of sp³-hybridized carbons (Fsp3) is 0.214. The van der Waals surface area contributed by atoms with Crippen LogP contribution in [0.3, 0.4) is 0 Å². The van der Waals surface area contributed by atoms with Crippen molar-refractivity contribution in [2.75, 3.05) is 18.2 Å². The molecule has 22 heavy (non-hydrogen) atoms. The second-order valence-corrected chi connectivity index (χ2v) is 6.20. The molecule has 0 saturated carbocycles. The van der Waals surface area contributed by atoms with Crippen LogP contribution in [-0.2, 0) is 4.74 Å². The van der Waals surface area contributed by atoms with Crippen molar-refractivity contribution in [2.24, 2.45) is 0 Å². The second-order valence-electron chi connectivity index (χ2n) is 4.06. The predicted molar refractivity (Wildman–Crippen MR) is 89.3 cm³/mol. The number of hydrogen-bond acceptors (Lipinski definition) is 6. The first-order valence-corrected chi connectivity index (χ1v) is 8.81. The van der Waals surface area contributed by atoms with Gasteiger partial charge in [0.1, 0.15) is 0 Å². The zero-order valence-corrected chi connectivity index (χ0v) is 14.3. The highest BCUT2D eigenvalue weighted by Gasteiger charge is 2.16. The largest absolute Gasteiger partial charge is 0.461 e. The number of halogens is 1. The van der Waals surface area contributed by atoms with Crippen molar-refractivity contribution >= 4 is 51.7 Å². The van der Waals surface area contributed by atoms with E-state index >= 15 is 0 Å². The monoisotopic (exact) mass is 356 g/mol. The minimum atomic E-state index is -0.512. The summed E-state index contributed by atoms with van der Waals surface area (Å²) < 4.78 is 4.85. The van der Waals surface area contributed by atoms with Crippen molar-refractivity contribution in [1.29, 1.82) is 0 Å². The summed E-state index contributed by atoms with van der Waals surface area (Å²) in [5, 5.41) is 4.85. The van der Waals surface area contributed by atoms with E-state index in [0.717, 1.165) is 16.2 Å². The van der Waals surface area contributed by atoms with E-state index in [-0.39, 0.29) is 18.2 Å². The van der Waals surface area contributed by atoms with E-state index in [9.17, 15) is 9.59 Å². The molecule has 1 amide bonds. The van der Waals surface area contributed by atoms with Crippen LogP contribution < -0.4 is 5.32 Å². The van der Waals surface area contributed by atoms with Gasteiger partial charge in [0.2, 0.25) is 0 Å². The molecule has 0 spiro atoms. The minimum Gasteiger partial charge on any atom is -0.461 e. The Morgan fingerprint density at radius 2 is 2.23 bits per heavy atom. The number of nitrogens with zero attached hydrogens (tertiary/aromatic N) is 1. The van der Waals surface area contributed by atoms with Gasteiger partial charge >= 0.3 is 5.97 Å². The smallest absolute Gasteiger partial charge is 0.357 e. The summed E-state index contributed by atoms with van der Waals surface area (Å²) in [5.41, 5.74) is 0.535. The van der Waals surface area contributed by atoms with Gasteiger partial charge in [-0.1, -0.05) is 11.6 Å². The van der Waals surface area contributed by atoms with Gasteiger partial charge in [0.05, 0.1) is 17.2 Å². The maximum atomic E-state index is 12.3. The maximum absolute atomic E-state index is 12.3. The molecule has 1 N–H and O–H groups in total. The summed E-state index contributed by atoms with van der Waals surface area (Å²) in [6, 6.07) is 5.22. The van der Waals surface area contributed by atoms with E-state index < -0.39 is 5.97 Å². The van der Waals surface area contributed by atoms with Crippen LogP contribution in [0.25, 0.3) is 0 Å². The molecule has 2 rings (SSSR count). The molecule has 0 aliphatic heterocycles. The average Bonchev–Trinajstić information content (AvgIpc) is 2.96. The topological polar surface area (TPSA) is 68.3 Å². The van der Waals surface area contributed by atoms with E-state index in [2.05, 4.69) is 10.3 Å². The number of esters is 1. The third-order valence-electron chi connectivity index (χ3n) is 2.63. The summed E-state index contributed by atoms with van der Waals surface area (Å²) >= 11 is 8.72. The number of carbonyl (C=O) groups is 2. The third-order valence-corrected chi connectivity index (χ3v) is 4.44. The van der Waals surface area contributed by atoms with Gasteiger partial charge in [0.25, 0.3) is 5.91 Å². The van der Waals surface area contributed by atoms with Gasteiger partial charge in [-0.05, 0) is 31.4 Å². The van der Waals surface area contributed by atoms with Gasteiger partial charge < -0.3 is 4.74 Å². The number of thioether (sulfide) groups is 1. The van der Waals surface area contributed by atoms with E-state index in [1.54, 1.807) is 19.1 Å². The first kappa shape index (κ1) is 16.8. The summed E-state index contributed by atoms with van der Waals surface area (Å²) in [6.45, 7) is 1.99. The SMILES string of the molecule is CCOC(=O)c1csc(NC(=O)c2cc(SC)ccc2Cl)n1. The second kappa shape index (κ2) is 7.62. The lowest BCUT2D eigenvalue weighted by Gasteiger charge is -2.06. The van der Waals surface area contributed by atoms with Crippen LogP contribution in [-0.4, -0.2) is 29.7 Å². The predicted octanol–water partition coefficient (Wildman–Crippen LogP) is 3.95. The van der Waals surface area contributed by atoms with Crippen molar-refractivity contribution < 1.29 is 14.3 Å². The number of anilines is 1. The van der Waals surface area contributed by atoms with Crippen molar-refractivity contribution in [2.45, 2.75) is 11.8 Å². The Kier molecular flexibility index (Phi) is 5.82. The van der Waals surface area contributed by atoms with Gasteiger partial charge in [-0.3, -0.25) is 10.1 Å². The van der Waals surface area contributed by atoms with Gasteiger partial charge in [0.15, 0.2) is 10.8 Å². The van der Waals surface area contributed by atoms with E-state index in [1.165, 1.54) is 17.1 Å². The van der Waals surface area contributed by atoms with Gasteiger partial charge in [-0.15, -0.1) is 23.1 Å². The number of rotatable bonds is 5. The molecule has 0 radical (unpaired) electrons. The fourth-order valence-corrected chi connectivity index (χ4v) is 2.92. The zero-order chi connectivity index (χ0) is 16.1. The van der Waals surface area contributed by atoms with Crippen LogP contribution in [0.4, 0.5) is 5.13 Å². The normalized spacial score (nSPS) is 10.3. The lowest BCUT2D eigenvalue weighted by Crippen LogP contribution is -2.13. The summed E-state index contributed by atoms with van der Waals surface area (Å²) in [6.07, 6.45) is 1.91. The fourth-order valence-electron chi connectivity index (χ4n) is 1.60. The number of ether oxygens (including phenoxy) is 1. The molecule has 0 fully saturated rings. The Balaban J connectivity index is 2.14. The molecule has 1 heterocycles. The van der Waals surface area contributed by atoms with Gasteiger partial charge in [-0.2, -0.15) is 0 Å². The summed E-state index contributed by atoms with van der Waals surface area (Å²) in [7, 11) is 0. The Bertz CT molecular complexity index is 703. The molecule has 8 heteroatoms. The van der Waals surface area contributed by atoms with Gasteiger partial charge in [0, 0.05) is 10.3 Å². The molecule has 116 valence electrons. The lowest BCUT2D eigenvalue weighted by molar-refractivity contribution is 0.0520. The van der Waals surface area contributed by atoms with Crippen LogP contribution in [0.15, 0.2) is 28.5 Å². The van der Waals surface area contributed by atoms with E-state index in [0.29, 0.717) is 15.7 Å². The third kappa shape index (κ3) is 4.00. The van der Waals surface area contributed by atoms with E-state index in [4.69, 9.17) is 16.3 Å². The Morgan fingerprint density at radius 3 is 2.91 bits per heavy atom. The molecule has 0 saturated heterocycles. The molecule has 5 nitrogen and oxygen atoms in total. The highest BCUT2D eigenvalue weighted by molar-refractivity contribution is 7.98. The van der Waals surface area contributed by atoms with Crippen molar-refractivity contribution in [3.63, 3.8) is 0 Å². The Labute approximate surface area is 141 Å². The minimum absolute atomic E-state index is 0.172. The molecule has 2 aromatic rings. The summed E-state index contributed by atoms with van der Waals surface area (Å²) in [5.74, 6) is -0.882.